The molecule has 2 saturated carbocycles. The van der Waals surface area contributed by atoms with Gasteiger partial charge in [0.25, 0.3) is 5.91 Å². The highest BCUT2D eigenvalue weighted by Crippen LogP contribution is 2.41. The number of aromatic nitrogens is 2. The van der Waals surface area contributed by atoms with Crippen molar-refractivity contribution in [3.05, 3.63) is 53.4 Å². The van der Waals surface area contributed by atoms with Crippen molar-refractivity contribution in [2.24, 2.45) is 24.8 Å². The number of aryl methyl sites for hydroxylation is 1. The van der Waals surface area contributed by atoms with Crippen molar-refractivity contribution in [2.75, 3.05) is 16.8 Å². The normalized spacial score (nSPS) is 19.4. The minimum Gasteiger partial charge on any atom is -0.477 e. The molecule has 0 bridgehead atoms. The molecule has 1 aromatic carbocycles. The lowest BCUT2D eigenvalue weighted by molar-refractivity contribution is -0.123. The van der Waals surface area contributed by atoms with Gasteiger partial charge in [0.05, 0.1) is 12.0 Å². The van der Waals surface area contributed by atoms with E-state index in [4.69, 9.17) is 0 Å². The number of carboxylic acid groups (broad SMARTS) is 1. The van der Waals surface area contributed by atoms with Crippen LogP contribution < -0.4 is 10.2 Å². The van der Waals surface area contributed by atoms with Crippen LogP contribution in [0.25, 0.3) is 10.4 Å². The summed E-state index contributed by atoms with van der Waals surface area (Å²) >= 11 is 1.19. The van der Waals surface area contributed by atoms with Gasteiger partial charge in [-0.1, -0.05) is 19.1 Å². The molecule has 2 N–H and O–H groups in total. The van der Waals surface area contributed by atoms with Gasteiger partial charge in [0.15, 0.2) is 0 Å². The SMILES string of the molecule is Cn1cnc(C(=O)Nc2ccc(-c3cc(N(CC4CC4)C(=O)[C@H]4CC[C@H](C)CC4)c(C(=O)O)s3)cc2)c1. The highest BCUT2D eigenvalue weighted by atomic mass is 32.1. The van der Waals surface area contributed by atoms with Gasteiger partial charge in [0.2, 0.25) is 5.91 Å². The van der Waals surface area contributed by atoms with E-state index in [2.05, 4.69) is 17.2 Å². The Balaban J connectivity index is 1.38. The van der Waals surface area contributed by atoms with Crippen molar-refractivity contribution in [1.82, 2.24) is 9.55 Å². The first kappa shape index (κ1) is 25.2. The molecule has 0 unspecified atom stereocenters. The van der Waals surface area contributed by atoms with Gasteiger partial charge < -0.3 is 19.9 Å². The zero-order valence-corrected chi connectivity index (χ0v) is 22.0. The van der Waals surface area contributed by atoms with Crippen molar-refractivity contribution in [3.63, 3.8) is 0 Å². The highest BCUT2D eigenvalue weighted by molar-refractivity contribution is 7.18. The summed E-state index contributed by atoms with van der Waals surface area (Å²) in [6.45, 7) is 2.81. The first-order chi connectivity index (χ1) is 17.8. The van der Waals surface area contributed by atoms with Gasteiger partial charge in [-0.25, -0.2) is 9.78 Å². The number of carbonyl (C=O) groups excluding carboxylic acids is 2. The van der Waals surface area contributed by atoms with Crippen molar-refractivity contribution in [3.8, 4) is 10.4 Å². The number of aromatic carboxylic acids is 1. The Kier molecular flexibility index (Phi) is 7.15. The van der Waals surface area contributed by atoms with Gasteiger partial charge in [0.1, 0.15) is 10.6 Å². The average Bonchev–Trinajstić information content (AvgIpc) is 3.41. The molecule has 0 spiro atoms. The molecular formula is C28H32N4O4S. The molecule has 0 aliphatic heterocycles. The molecule has 5 rings (SSSR count). The van der Waals surface area contributed by atoms with E-state index < -0.39 is 5.97 Å². The number of anilines is 2. The highest BCUT2D eigenvalue weighted by Gasteiger charge is 2.35. The molecule has 0 radical (unpaired) electrons. The maximum Gasteiger partial charge on any atom is 0.348 e. The van der Waals surface area contributed by atoms with Gasteiger partial charge in [-0.2, -0.15) is 0 Å². The molecule has 0 saturated heterocycles. The van der Waals surface area contributed by atoms with Crippen LogP contribution in [0.3, 0.4) is 0 Å². The van der Waals surface area contributed by atoms with E-state index in [-0.39, 0.29) is 22.6 Å². The van der Waals surface area contributed by atoms with Crippen molar-refractivity contribution in [2.45, 2.75) is 45.4 Å². The third kappa shape index (κ3) is 5.77. The smallest absolute Gasteiger partial charge is 0.348 e. The second-order valence-electron chi connectivity index (χ2n) is 10.4. The number of benzene rings is 1. The maximum atomic E-state index is 13.6. The van der Waals surface area contributed by atoms with Gasteiger partial charge in [0, 0.05) is 36.3 Å². The molecule has 2 fully saturated rings. The predicted octanol–water partition coefficient (Wildman–Crippen LogP) is 5.67. The Bertz CT molecular complexity index is 1300. The summed E-state index contributed by atoms with van der Waals surface area (Å²) in [6, 6.07) is 9.12. The summed E-state index contributed by atoms with van der Waals surface area (Å²) in [7, 11) is 1.80. The number of carboxylic acids is 1. The fraction of sp³-hybridized carbons (Fsp3) is 0.429. The summed E-state index contributed by atoms with van der Waals surface area (Å²) in [6.07, 6.45) is 9.19. The third-order valence-electron chi connectivity index (χ3n) is 7.33. The van der Waals surface area contributed by atoms with Gasteiger partial charge in [-0.3, -0.25) is 9.59 Å². The molecule has 37 heavy (non-hydrogen) atoms. The fourth-order valence-electron chi connectivity index (χ4n) is 4.91. The molecule has 194 valence electrons. The predicted molar refractivity (Wildman–Crippen MR) is 144 cm³/mol. The first-order valence-corrected chi connectivity index (χ1v) is 13.7. The molecule has 2 aliphatic carbocycles. The second-order valence-corrected chi connectivity index (χ2v) is 11.5. The number of carbonyl (C=O) groups is 3. The minimum absolute atomic E-state index is 0.0399. The van der Waals surface area contributed by atoms with Crippen molar-refractivity contribution in [1.29, 1.82) is 0 Å². The van der Waals surface area contributed by atoms with Gasteiger partial charge in [-0.05, 0) is 74.1 Å². The molecule has 3 aromatic rings. The van der Waals surface area contributed by atoms with E-state index >= 15 is 0 Å². The molecule has 0 atom stereocenters. The monoisotopic (exact) mass is 520 g/mol. The molecule has 2 amide bonds. The molecule has 8 nitrogen and oxygen atoms in total. The van der Waals surface area contributed by atoms with Crippen molar-refractivity contribution >= 4 is 40.5 Å². The summed E-state index contributed by atoms with van der Waals surface area (Å²) in [5.74, 6) is -0.207. The zero-order chi connectivity index (χ0) is 26.1. The third-order valence-corrected chi connectivity index (χ3v) is 8.49. The van der Waals surface area contributed by atoms with E-state index in [9.17, 15) is 19.5 Å². The molecule has 2 aliphatic rings. The number of rotatable bonds is 8. The van der Waals surface area contributed by atoms with E-state index in [1.165, 1.54) is 11.3 Å². The minimum atomic E-state index is -1.02. The quantitative estimate of drug-likeness (QED) is 0.398. The number of amides is 2. The van der Waals surface area contributed by atoms with E-state index in [0.717, 1.165) is 49.0 Å². The van der Waals surface area contributed by atoms with Crippen LogP contribution in [-0.4, -0.2) is 39.0 Å². The van der Waals surface area contributed by atoms with Crippen molar-refractivity contribution < 1.29 is 19.5 Å². The largest absolute Gasteiger partial charge is 0.477 e. The van der Waals surface area contributed by atoms with Crippen LogP contribution in [0.5, 0.6) is 0 Å². The maximum absolute atomic E-state index is 13.6. The van der Waals surface area contributed by atoms with Crippen LogP contribution in [0.2, 0.25) is 0 Å². The van der Waals surface area contributed by atoms with E-state index in [0.29, 0.717) is 35.4 Å². The van der Waals surface area contributed by atoms with E-state index in [1.54, 1.807) is 41.2 Å². The Morgan fingerprint density at radius 1 is 1.11 bits per heavy atom. The summed E-state index contributed by atoms with van der Waals surface area (Å²) in [5.41, 5.74) is 2.29. The number of thiophene rings is 1. The number of hydrogen-bond donors (Lipinski definition) is 2. The average molecular weight is 521 g/mol. The van der Waals surface area contributed by atoms with Crippen LogP contribution in [0.15, 0.2) is 42.9 Å². The second kappa shape index (κ2) is 10.5. The zero-order valence-electron chi connectivity index (χ0n) is 21.1. The van der Waals surface area contributed by atoms with Crippen LogP contribution in [-0.2, 0) is 11.8 Å². The molecule has 2 aromatic heterocycles. The Morgan fingerprint density at radius 3 is 2.41 bits per heavy atom. The summed E-state index contributed by atoms with van der Waals surface area (Å²) < 4.78 is 1.71. The summed E-state index contributed by atoms with van der Waals surface area (Å²) in [4.78, 5) is 45.1. The molecule has 9 heteroatoms. The number of imidazole rings is 1. The lowest BCUT2D eigenvalue weighted by Crippen LogP contribution is -2.39. The number of nitrogens with zero attached hydrogens (tertiary/aromatic N) is 3. The van der Waals surface area contributed by atoms with Gasteiger partial charge in [-0.15, -0.1) is 11.3 Å². The Labute approximate surface area is 220 Å². The lowest BCUT2D eigenvalue weighted by atomic mass is 9.82. The standard InChI is InChI=1S/C28H32N4O4S/c1-17-3-7-20(8-4-17)27(34)32(14-18-5-6-18)23-13-24(37-25(23)28(35)36)19-9-11-21(12-10-19)30-26(33)22-15-31(2)16-29-22/h9-13,15-18,20H,3-8,14H2,1-2H3,(H,30,33)(H,35,36)/t17-,20-. The van der Waals surface area contributed by atoms with Crippen LogP contribution in [0.1, 0.15) is 65.6 Å². The van der Waals surface area contributed by atoms with Gasteiger partial charge >= 0.3 is 5.97 Å². The fourth-order valence-corrected chi connectivity index (χ4v) is 5.92. The molecular weight excluding hydrogens is 488 g/mol. The first-order valence-electron chi connectivity index (χ1n) is 12.9. The Hall–Kier alpha value is -3.46. The van der Waals surface area contributed by atoms with Crippen LogP contribution in [0, 0.1) is 17.8 Å². The molecule has 2 heterocycles. The van der Waals surface area contributed by atoms with Crippen LogP contribution in [0.4, 0.5) is 11.4 Å². The topological polar surface area (TPSA) is 105 Å². The Morgan fingerprint density at radius 2 is 1.81 bits per heavy atom. The van der Waals surface area contributed by atoms with E-state index in [1.807, 2.05) is 18.2 Å². The van der Waals surface area contributed by atoms with Crippen LogP contribution >= 0.6 is 11.3 Å². The number of hydrogen-bond acceptors (Lipinski definition) is 5. The lowest BCUT2D eigenvalue weighted by Gasteiger charge is -2.31. The summed E-state index contributed by atoms with van der Waals surface area (Å²) in [5, 5.41) is 12.8. The number of nitrogens with one attached hydrogen (secondary N) is 1.